The van der Waals surface area contributed by atoms with E-state index in [2.05, 4.69) is 58.9 Å². The summed E-state index contributed by atoms with van der Waals surface area (Å²) in [5, 5.41) is 6.55. The molecule has 0 amide bonds. The van der Waals surface area contributed by atoms with Crippen LogP contribution in [0, 0.1) is 5.82 Å². The Morgan fingerprint density at radius 3 is 2.33 bits per heavy atom. The zero-order valence-electron chi connectivity index (χ0n) is 16.3. The van der Waals surface area contributed by atoms with E-state index in [0.717, 1.165) is 31.0 Å². The predicted molar refractivity (Wildman–Crippen MR) is 122 cm³/mol. The Kier molecular flexibility index (Phi) is 11.0. The third-order valence-electron chi connectivity index (χ3n) is 3.88. The second kappa shape index (κ2) is 12.7. The molecule has 0 atom stereocenters. The Bertz CT molecular complexity index is 702. The number of nitrogens with one attached hydrogen (secondary N) is 2. The van der Waals surface area contributed by atoms with Crippen LogP contribution in [0.25, 0.3) is 0 Å². The standard InChI is InChI=1S/C21H29FN4.HI/c1-4-23-21(24-13-12-17-6-5-7-20(22)14-17)25-15-18-8-10-19(11-9-18)16-26(2)3;/h5-11,14H,4,12-13,15-16H2,1-3H3,(H2,23,24,25);1H. The maximum absolute atomic E-state index is 13.2. The lowest BCUT2D eigenvalue weighted by Crippen LogP contribution is -2.38. The monoisotopic (exact) mass is 484 g/mol. The third kappa shape index (κ3) is 9.19. The molecule has 2 N–H and O–H groups in total. The number of guanidine groups is 1. The summed E-state index contributed by atoms with van der Waals surface area (Å²) in [5.74, 6) is 0.585. The number of hydrogen-bond acceptors (Lipinski definition) is 2. The van der Waals surface area contributed by atoms with Crippen molar-refractivity contribution in [1.29, 1.82) is 0 Å². The minimum atomic E-state index is -0.194. The summed E-state index contributed by atoms with van der Waals surface area (Å²) < 4.78 is 13.2. The van der Waals surface area contributed by atoms with Gasteiger partial charge in [0.15, 0.2) is 5.96 Å². The van der Waals surface area contributed by atoms with Crippen LogP contribution in [0.2, 0.25) is 0 Å². The molecule has 148 valence electrons. The molecule has 0 saturated carbocycles. The number of aliphatic imine (C=N–C) groups is 1. The fraction of sp³-hybridized carbons (Fsp3) is 0.381. The summed E-state index contributed by atoms with van der Waals surface area (Å²) in [6.07, 6.45) is 0.751. The van der Waals surface area contributed by atoms with E-state index in [0.29, 0.717) is 13.1 Å². The molecule has 2 aromatic carbocycles. The Morgan fingerprint density at radius 2 is 1.70 bits per heavy atom. The summed E-state index contributed by atoms with van der Waals surface area (Å²) in [7, 11) is 4.13. The van der Waals surface area contributed by atoms with E-state index in [1.54, 1.807) is 12.1 Å². The third-order valence-corrected chi connectivity index (χ3v) is 3.88. The molecule has 2 rings (SSSR count). The summed E-state index contributed by atoms with van der Waals surface area (Å²) in [5.41, 5.74) is 3.45. The van der Waals surface area contributed by atoms with E-state index < -0.39 is 0 Å². The molecule has 0 heterocycles. The van der Waals surface area contributed by atoms with Crippen LogP contribution in [0.5, 0.6) is 0 Å². The first-order valence-corrected chi connectivity index (χ1v) is 9.06. The number of benzene rings is 2. The molecule has 6 heteroatoms. The molecule has 0 aliphatic carbocycles. The summed E-state index contributed by atoms with van der Waals surface area (Å²) in [4.78, 5) is 6.78. The first-order chi connectivity index (χ1) is 12.6. The van der Waals surface area contributed by atoms with Crippen molar-refractivity contribution < 1.29 is 4.39 Å². The van der Waals surface area contributed by atoms with Crippen molar-refractivity contribution in [2.45, 2.75) is 26.4 Å². The minimum absolute atomic E-state index is 0. The fourth-order valence-electron chi connectivity index (χ4n) is 2.65. The molecule has 4 nitrogen and oxygen atoms in total. The zero-order chi connectivity index (χ0) is 18.8. The van der Waals surface area contributed by atoms with Crippen molar-refractivity contribution in [2.75, 3.05) is 27.2 Å². The van der Waals surface area contributed by atoms with E-state index >= 15 is 0 Å². The van der Waals surface area contributed by atoms with Gasteiger partial charge in [-0.1, -0.05) is 36.4 Å². The van der Waals surface area contributed by atoms with E-state index in [4.69, 9.17) is 0 Å². The molecule has 0 fully saturated rings. The lowest BCUT2D eigenvalue weighted by atomic mass is 10.1. The first-order valence-electron chi connectivity index (χ1n) is 9.06. The van der Waals surface area contributed by atoms with Crippen molar-refractivity contribution in [3.05, 3.63) is 71.0 Å². The second-order valence-corrected chi connectivity index (χ2v) is 6.56. The van der Waals surface area contributed by atoms with E-state index in [1.165, 1.54) is 17.2 Å². The smallest absolute Gasteiger partial charge is 0.191 e. The fourth-order valence-corrected chi connectivity index (χ4v) is 2.65. The second-order valence-electron chi connectivity index (χ2n) is 6.56. The topological polar surface area (TPSA) is 39.7 Å². The molecule has 0 bridgehead atoms. The van der Waals surface area contributed by atoms with Gasteiger partial charge in [0.05, 0.1) is 6.54 Å². The maximum atomic E-state index is 13.2. The number of nitrogens with zero attached hydrogens (tertiary/aromatic N) is 2. The van der Waals surface area contributed by atoms with Crippen molar-refractivity contribution in [2.24, 2.45) is 4.99 Å². The van der Waals surface area contributed by atoms with Crippen LogP contribution in [0.3, 0.4) is 0 Å². The SMILES string of the molecule is CCNC(=NCc1ccc(CN(C)C)cc1)NCCc1cccc(F)c1.I. The van der Waals surface area contributed by atoms with Crippen LogP contribution >= 0.6 is 24.0 Å². The summed E-state index contributed by atoms with van der Waals surface area (Å²) >= 11 is 0. The molecular formula is C21H30FIN4. The van der Waals surface area contributed by atoms with Crippen LogP contribution in [-0.2, 0) is 19.5 Å². The lowest BCUT2D eigenvalue weighted by molar-refractivity contribution is 0.402. The molecular weight excluding hydrogens is 454 g/mol. The van der Waals surface area contributed by atoms with Gasteiger partial charge < -0.3 is 15.5 Å². The molecule has 0 spiro atoms. The maximum Gasteiger partial charge on any atom is 0.191 e. The first kappa shape index (κ1) is 23.4. The molecule has 0 aromatic heterocycles. The highest BCUT2D eigenvalue weighted by Crippen LogP contribution is 2.07. The van der Waals surface area contributed by atoms with Crippen molar-refractivity contribution in [3.8, 4) is 0 Å². The highest BCUT2D eigenvalue weighted by Gasteiger charge is 2.00. The average Bonchev–Trinajstić information content (AvgIpc) is 2.60. The Labute approximate surface area is 179 Å². The van der Waals surface area contributed by atoms with Crippen LogP contribution in [0.15, 0.2) is 53.5 Å². The van der Waals surface area contributed by atoms with Gasteiger partial charge in [0.25, 0.3) is 0 Å². The number of rotatable bonds is 8. The molecule has 0 radical (unpaired) electrons. The molecule has 0 saturated heterocycles. The molecule has 27 heavy (non-hydrogen) atoms. The van der Waals surface area contributed by atoms with Gasteiger partial charge >= 0.3 is 0 Å². The predicted octanol–water partition coefficient (Wildman–Crippen LogP) is 3.80. The van der Waals surface area contributed by atoms with E-state index in [9.17, 15) is 4.39 Å². The van der Waals surface area contributed by atoms with E-state index in [-0.39, 0.29) is 29.8 Å². The van der Waals surface area contributed by atoms with Crippen LogP contribution in [0.1, 0.15) is 23.6 Å². The molecule has 0 unspecified atom stereocenters. The largest absolute Gasteiger partial charge is 0.357 e. The van der Waals surface area contributed by atoms with Gasteiger partial charge in [-0.2, -0.15) is 0 Å². The number of halogens is 2. The van der Waals surface area contributed by atoms with Gasteiger partial charge in [0, 0.05) is 19.6 Å². The Hall–Kier alpha value is -1.67. The highest BCUT2D eigenvalue weighted by molar-refractivity contribution is 14.0. The van der Waals surface area contributed by atoms with Gasteiger partial charge in [0.2, 0.25) is 0 Å². The van der Waals surface area contributed by atoms with Gasteiger partial charge in [0.1, 0.15) is 5.82 Å². The van der Waals surface area contributed by atoms with Gasteiger partial charge in [-0.05, 0) is 56.3 Å². The summed E-state index contributed by atoms with van der Waals surface area (Å²) in [6, 6.07) is 15.3. The zero-order valence-corrected chi connectivity index (χ0v) is 18.7. The average molecular weight is 484 g/mol. The van der Waals surface area contributed by atoms with Crippen LogP contribution in [0.4, 0.5) is 4.39 Å². The van der Waals surface area contributed by atoms with E-state index in [1.807, 2.05) is 13.0 Å². The molecule has 2 aromatic rings. The van der Waals surface area contributed by atoms with Gasteiger partial charge in [-0.15, -0.1) is 24.0 Å². The van der Waals surface area contributed by atoms with Crippen molar-refractivity contribution in [3.63, 3.8) is 0 Å². The van der Waals surface area contributed by atoms with Crippen LogP contribution in [-0.4, -0.2) is 38.0 Å². The lowest BCUT2D eigenvalue weighted by Gasteiger charge is -2.12. The van der Waals surface area contributed by atoms with Crippen molar-refractivity contribution >= 4 is 29.9 Å². The Morgan fingerprint density at radius 1 is 1.00 bits per heavy atom. The normalized spacial score (nSPS) is 11.2. The highest BCUT2D eigenvalue weighted by atomic mass is 127. The van der Waals surface area contributed by atoms with Gasteiger partial charge in [-0.25, -0.2) is 9.38 Å². The van der Waals surface area contributed by atoms with Crippen molar-refractivity contribution in [1.82, 2.24) is 15.5 Å². The molecule has 0 aliphatic rings. The molecule has 0 aliphatic heterocycles. The van der Waals surface area contributed by atoms with Crippen LogP contribution < -0.4 is 10.6 Å². The summed E-state index contributed by atoms with van der Waals surface area (Å²) in [6.45, 7) is 5.11. The quantitative estimate of drug-likeness (QED) is 0.340. The number of hydrogen-bond donors (Lipinski definition) is 2. The minimum Gasteiger partial charge on any atom is -0.357 e. The Balaban J connectivity index is 0.00000364. The van der Waals surface area contributed by atoms with Gasteiger partial charge in [-0.3, -0.25) is 0 Å².